The summed E-state index contributed by atoms with van der Waals surface area (Å²) in [6, 6.07) is 9.22. The number of unbranched alkanes of at least 4 members (excludes halogenated alkanes) is 14. The van der Waals surface area contributed by atoms with Crippen molar-refractivity contribution in [1.29, 1.82) is 5.26 Å². The summed E-state index contributed by atoms with van der Waals surface area (Å²) in [5.74, 6) is -0.623. The molecular weight excluding hydrogens is 714 g/mol. The molecule has 1 fully saturated rings. The van der Waals surface area contributed by atoms with Gasteiger partial charge in [-0.25, -0.2) is 18.5 Å². The number of nitrogens with two attached hydrogens (primary N) is 2. The number of hydrogen-bond acceptors (Lipinski definition) is 11. The maximum Gasteiger partial charge on any atom is 0.472 e. The number of ether oxygens (including phenoxy) is 3. The van der Waals surface area contributed by atoms with Gasteiger partial charge in [0.25, 0.3) is 0 Å². The fourth-order valence-electron chi connectivity index (χ4n) is 6.63. The Kier molecular flexibility index (Phi) is 18.6. The third-order valence-corrected chi connectivity index (χ3v) is 10.7. The molecule has 15 heteroatoms. The van der Waals surface area contributed by atoms with Gasteiger partial charge >= 0.3 is 7.82 Å². The minimum atomic E-state index is -4.58. The molecule has 5 N–H and O–H groups in total. The van der Waals surface area contributed by atoms with Crippen molar-refractivity contribution in [2.45, 2.75) is 128 Å². The molecule has 0 radical (unpaired) electrons. The molecule has 13 nitrogen and oxygen atoms in total. The number of aromatic nitrogens is 3. The van der Waals surface area contributed by atoms with Crippen molar-refractivity contribution in [2.75, 3.05) is 38.8 Å². The molecule has 1 aromatic carbocycles. The second kappa shape index (κ2) is 23.0. The molecule has 300 valence electrons. The third kappa shape index (κ3) is 15.2. The molecule has 54 heavy (non-hydrogen) atoms. The van der Waals surface area contributed by atoms with E-state index in [-0.39, 0.29) is 31.1 Å². The average molecular weight is 775 g/mol. The smallest absolute Gasteiger partial charge is 0.472 e. The summed E-state index contributed by atoms with van der Waals surface area (Å²) in [5, 5.41) is 13.5. The summed E-state index contributed by atoms with van der Waals surface area (Å²) in [5.41, 5.74) is 12.5. The van der Waals surface area contributed by atoms with Crippen molar-refractivity contribution < 1.29 is 37.1 Å². The topological polar surface area (TPSA) is 189 Å². The van der Waals surface area contributed by atoms with Crippen molar-refractivity contribution in [3.05, 3.63) is 53.7 Å². The van der Waals surface area contributed by atoms with E-state index >= 15 is 0 Å². The summed E-state index contributed by atoms with van der Waals surface area (Å²) >= 11 is 0. The van der Waals surface area contributed by atoms with Gasteiger partial charge in [-0.3, -0.25) is 9.05 Å². The number of nitriles is 1. The molecule has 0 saturated carbocycles. The Balaban J connectivity index is 1.16. The first-order valence-electron chi connectivity index (χ1n) is 19.7. The molecule has 1 saturated heterocycles. The van der Waals surface area contributed by atoms with Crippen molar-refractivity contribution in [2.24, 2.45) is 11.7 Å². The highest BCUT2D eigenvalue weighted by Crippen LogP contribution is 2.46. The van der Waals surface area contributed by atoms with Crippen LogP contribution in [0.2, 0.25) is 0 Å². The Bertz CT molecular complexity index is 1640. The first-order valence-corrected chi connectivity index (χ1v) is 21.2. The zero-order valence-corrected chi connectivity index (χ0v) is 32.7. The van der Waals surface area contributed by atoms with Crippen LogP contribution in [0.5, 0.6) is 5.75 Å². The van der Waals surface area contributed by atoms with E-state index in [9.17, 15) is 19.1 Å². The molecule has 1 aliphatic heterocycles. The van der Waals surface area contributed by atoms with Crippen molar-refractivity contribution in [1.82, 2.24) is 14.6 Å². The van der Waals surface area contributed by atoms with E-state index in [4.69, 9.17) is 34.7 Å². The van der Waals surface area contributed by atoms with Gasteiger partial charge < -0.3 is 30.6 Å². The van der Waals surface area contributed by atoms with Gasteiger partial charge in [0.05, 0.1) is 37.1 Å². The fourth-order valence-corrected chi connectivity index (χ4v) is 7.49. The lowest BCUT2D eigenvalue weighted by Crippen LogP contribution is -2.43. The standard InChI is InChI=1S/C39H60FN6O7P/c1-2-3-4-5-6-7-8-9-10-11-12-13-14-15-16-21-49-26-32(27-50-34-23-31(25-41)22-33(40)24-34)28-51-54(47,48)52-29-39(43)20-19-37(53-39)35-17-18-36-38(42)44-30-45-46(35)36/h17-18,22-24,30,32,37H,2-16,19-21,26-29,43H2,1H3,(H,47,48)(H2,42,44,45)/t32-,37+,39-/m0/s1. The molecule has 1 unspecified atom stereocenters. The Morgan fingerprint density at radius 1 is 1.00 bits per heavy atom. The maximum atomic E-state index is 14.0. The molecule has 0 spiro atoms. The number of phosphoric ester groups is 1. The van der Waals surface area contributed by atoms with Crippen LogP contribution in [0, 0.1) is 23.1 Å². The lowest BCUT2D eigenvalue weighted by atomic mass is 10.0. The van der Waals surface area contributed by atoms with Gasteiger partial charge in [-0.05, 0) is 43.5 Å². The van der Waals surface area contributed by atoms with Crippen LogP contribution >= 0.6 is 7.82 Å². The van der Waals surface area contributed by atoms with Gasteiger partial charge in [-0.2, -0.15) is 10.4 Å². The molecule has 0 bridgehead atoms. The summed E-state index contributed by atoms with van der Waals surface area (Å²) < 4.78 is 57.0. The monoisotopic (exact) mass is 774 g/mol. The number of benzene rings is 1. The van der Waals surface area contributed by atoms with Crippen molar-refractivity contribution in [3.63, 3.8) is 0 Å². The van der Waals surface area contributed by atoms with Crippen LogP contribution in [0.15, 0.2) is 36.7 Å². The van der Waals surface area contributed by atoms with Crippen LogP contribution in [-0.4, -0.2) is 58.3 Å². The van der Waals surface area contributed by atoms with Crippen LogP contribution in [0.3, 0.4) is 0 Å². The lowest BCUT2D eigenvalue weighted by molar-refractivity contribution is -0.0726. The first kappa shape index (κ1) is 43.6. The van der Waals surface area contributed by atoms with Crippen LogP contribution < -0.4 is 16.2 Å². The van der Waals surface area contributed by atoms with E-state index in [1.54, 1.807) is 10.6 Å². The van der Waals surface area contributed by atoms with Crippen molar-refractivity contribution >= 4 is 19.2 Å². The highest BCUT2D eigenvalue weighted by atomic mass is 31.2. The molecule has 3 heterocycles. The quantitative estimate of drug-likeness (QED) is 0.0472. The Morgan fingerprint density at radius 3 is 2.33 bits per heavy atom. The lowest BCUT2D eigenvalue weighted by Gasteiger charge is -2.26. The van der Waals surface area contributed by atoms with E-state index in [2.05, 4.69) is 17.0 Å². The van der Waals surface area contributed by atoms with Crippen molar-refractivity contribution in [3.8, 4) is 11.8 Å². The molecule has 3 aromatic rings. The fraction of sp³-hybridized carbons (Fsp3) is 0.667. The average Bonchev–Trinajstić information content (AvgIpc) is 3.77. The number of nitrogens with zero attached hydrogens (tertiary/aromatic N) is 4. The molecule has 1 aliphatic rings. The third-order valence-electron chi connectivity index (χ3n) is 9.72. The molecule has 0 amide bonds. The number of hydrogen-bond donors (Lipinski definition) is 3. The zero-order chi connectivity index (χ0) is 38.7. The van der Waals surface area contributed by atoms with Crippen LogP contribution in [0.25, 0.3) is 5.52 Å². The second-order valence-electron chi connectivity index (χ2n) is 14.4. The summed E-state index contributed by atoms with van der Waals surface area (Å²) in [6.45, 7) is 2.29. The minimum Gasteiger partial charge on any atom is -0.493 e. The van der Waals surface area contributed by atoms with Crippen LogP contribution in [0.4, 0.5) is 10.2 Å². The van der Waals surface area contributed by atoms with Crippen LogP contribution in [-0.2, 0) is 23.1 Å². The number of phosphoric acid groups is 1. The molecule has 4 rings (SSSR count). The van der Waals surface area contributed by atoms with Gasteiger partial charge in [0.15, 0.2) is 5.82 Å². The number of halogens is 1. The van der Waals surface area contributed by atoms with Gasteiger partial charge in [-0.1, -0.05) is 96.8 Å². The minimum absolute atomic E-state index is 0.0157. The van der Waals surface area contributed by atoms with Gasteiger partial charge in [0, 0.05) is 18.6 Å². The first-order chi connectivity index (χ1) is 26.1. The SMILES string of the molecule is CCCCCCCCCCCCCCCCCOC[C@@H](COc1cc(F)cc(C#N)c1)COP(=O)(O)OC[C@]1(N)CC[C@H](c2ccc3c(N)ncnn23)O1. The highest BCUT2D eigenvalue weighted by molar-refractivity contribution is 7.47. The predicted molar refractivity (Wildman–Crippen MR) is 205 cm³/mol. The normalized spacial score (nSPS) is 18.8. The molecule has 4 atom stereocenters. The van der Waals surface area contributed by atoms with E-state index in [0.29, 0.717) is 30.8 Å². The highest BCUT2D eigenvalue weighted by Gasteiger charge is 2.41. The van der Waals surface area contributed by atoms with Gasteiger partial charge in [-0.15, -0.1) is 0 Å². The van der Waals surface area contributed by atoms with E-state index in [1.807, 2.05) is 12.1 Å². The Labute approximate surface area is 319 Å². The maximum absolute atomic E-state index is 14.0. The van der Waals surface area contributed by atoms with Crippen LogP contribution in [0.1, 0.15) is 133 Å². The largest absolute Gasteiger partial charge is 0.493 e. The van der Waals surface area contributed by atoms with Gasteiger partial charge in [0.1, 0.15) is 41.8 Å². The number of fused-ring (bicyclic) bond motifs is 1. The zero-order valence-electron chi connectivity index (χ0n) is 31.8. The summed E-state index contributed by atoms with van der Waals surface area (Å²) in [7, 11) is -4.58. The predicted octanol–water partition coefficient (Wildman–Crippen LogP) is 8.55. The second-order valence-corrected chi connectivity index (χ2v) is 15.9. The number of anilines is 1. The Morgan fingerprint density at radius 2 is 1.67 bits per heavy atom. The number of nitrogen functional groups attached to an aromatic ring is 1. The van der Waals surface area contributed by atoms with E-state index in [1.165, 1.54) is 95.5 Å². The molecule has 2 aromatic heterocycles. The summed E-state index contributed by atoms with van der Waals surface area (Å²) in [6.07, 6.45) is 20.9. The molecule has 0 aliphatic carbocycles. The summed E-state index contributed by atoms with van der Waals surface area (Å²) in [4.78, 5) is 14.6. The molecular formula is C39H60FN6O7P. The van der Waals surface area contributed by atoms with E-state index < -0.39 is 38.0 Å². The Hall–Kier alpha value is -3.15. The van der Waals surface area contributed by atoms with Gasteiger partial charge in [0.2, 0.25) is 0 Å². The number of rotatable bonds is 28. The van der Waals surface area contributed by atoms with E-state index in [0.717, 1.165) is 31.0 Å².